The van der Waals surface area contributed by atoms with Crippen molar-refractivity contribution in [2.75, 3.05) is 14.2 Å². The first-order chi connectivity index (χ1) is 11.7. The lowest BCUT2D eigenvalue weighted by molar-refractivity contribution is 0.139. The van der Waals surface area contributed by atoms with E-state index in [9.17, 15) is 0 Å². The molecule has 2 aliphatic rings. The highest BCUT2D eigenvalue weighted by Gasteiger charge is 2.31. The highest BCUT2D eigenvalue weighted by Crippen LogP contribution is 2.49. The van der Waals surface area contributed by atoms with E-state index in [1.54, 1.807) is 14.2 Å². The molecule has 0 N–H and O–H groups in total. The molecule has 0 aliphatic heterocycles. The van der Waals surface area contributed by atoms with E-state index in [2.05, 4.69) is 24.3 Å². The molecule has 0 heterocycles. The Morgan fingerprint density at radius 2 is 1.12 bits per heavy atom. The number of rotatable bonds is 2. The standard InChI is InChI=1S/C20H16Cl2O2/c1-23-19-13-7-3-5-12-10-16(22)20(24-2)14-8-4-6-11(9-15(19)21)18(14)17(12)13/h3-10,19-20H,1-2H3/t19-,20-/m0/s1. The van der Waals surface area contributed by atoms with E-state index in [0.717, 1.165) is 33.4 Å². The molecule has 24 heavy (non-hydrogen) atoms. The molecule has 122 valence electrons. The van der Waals surface area contributed by atoms with E-state index in [-0.39, 0.29) is 12.2 Å². The summed E-state index contributed by atoms with van der Waals surface area (Å²) in [5.74, 6) is 0. The van der Waals surface area contributed by atoms with Crippen LogP contribution in [0.25, 0.3) is 23.3 Å². The second kappa shape index (κ2) is 6.05. The molecule has 0 aromatic heterocycles. The van der Waals surface area contributed by atoms with Crippen LogP contribution in [0.15, 0.2) is 46.5 Å². The average molecular weight is 359 g/mol. The molecule has 0 fully saturated rings. The van der Waals surface area contributed by atoms with Crippen molar-refractivity contribution in [2.24, 2.45) is 0 Å². The van der Waals surface area contributed by atoms with Crippen molar-refractivity contribution < 1.29 is 9.47 Å². The summed E-state index contributed by atoms with van der Waals surface area (Å²) >= 11 is 13.1. The van der Waals surface area contributed by atoms with Gasteiger partial charge in [-0.1, -0.05) is 59.6 Å². The number of ether oxygens (including phenoxy) is 2. The molecule has 0 saturated heterocycles. The number of hydrogen-bond acceptors (Lipinski definition) is 2. The summed E-state index contributed by atoms with van der Waals surface area (Å²) in [6.45, 7) is 0. The van der Waals surface area contributed by atoms with Gasteiger partial charge in [0.1, 0.15) is 12.2 Å². The summed E-state index contributed by atoms with van der Waals surface area (Å²) in [6, 6.07) is 12.3. The summed E-state index contributed by atoms with van der Waals surface area (Å²) in [5, 5.41) is 1.33. The van der Waals surface area contributed by atoms with E-state index in [0.29, 0.717) is 10.1 Å². The Bertz CT molecular complexity index is 810. The minimum atomic E-state index is -0.298. The highest BCUT2D eigenvalue weighted by molar-refractivity contribution is 6.33. The molecule has 2 aromatic carbocycles. The van der Waals surface area contributed by atoms with E-state index in [1.165, 1.54) is 0 Å². The molecule has 0 amide bonds. The first-order valence-corrected chi connectivity index (χ1v) is 8.47. The molecular formula is C20H16Cl2O2. The molecule has 0 bridgehead atoms. The molecule has 2 atom stereocenters. The Hall–Kier alpha value is -1.58. The first kappa shape index (κ1) is 15.9. The SMILES string of the molecule is CO[C@@H]1C(Cl)=Cc2cccc3c2-c2c(cccc21)C=C(Cl)[C@H]3OC. The molecule has 0 saturated carbocycles. The third-order valence-corrected chi connectivity index (χ3v) is 5.25. The van der Waals surface area contributed by atoms with Gasteiger partial charge in [0.25, 0.3) is 0 Å². The summed E-state index contributed by atoms with van der Waals surface area (Å²) in [6.07, 6.45) is 3.36. The Kier molecular flexibility index (Phi) is 4.01. The second-order valence-corrected chi connectivity index (χ2v) is 6.79. The van der Waals surface area contributed by atoms with Crippen molar-refractivity contribution in [2.45, 2.75) is 12.2 Å². The van der Waals surface area contributed by atoms with Gasteiger partial charge in [0.05, 0.1) is 10.1 Å². The minimum Gasteiger partial charge on any atom is -0.371 e. The minimum absolute atomic E-state index is 0.298. The van der Waals surface area contributed by atoms with Crippen molar-refractivity contribution in [3.8, 4) is 11.1 Å². The van der Waals surface area contributed by atoms with Gasteiger partial charge in [-0.3, -0.25) is 0 Å². The molecule has 2 nitrogen and oxygen atoms in total. The maximum absolute atomic E-state index is 6.57. The van der Waals surface area contributed by atoms with Crippen molar-refractivity contribution in [1.82, 2.24) is 0 Å². The Balaban J connectivity index is 2.18. The van der Waals surface area contributed by atoms with Crippen LogP contribution in [0.2, 0.25) is 0 Å². The van der Waals surface area contributed by atoms with Crippen molar-refractivity contribution in [3.05, 3.63) is 68.7 Å². The number of methoxy groups -OCH3 is 2. The van der Waals surface area contributed by atoms with Gasteiger partial charge in [-0.25, -0.2) is 0 Å². The topological polar surface area (TPSA) is 18.5 Å². The van der Waals surface area contributed by atoms with Gasteiger partial charge in [0.15, 0.2) is 0 Å². The van der Waals surface area contributed by atoms with E-state index >= 15 is 0 Å². The fourth-order valence-electron chi connectivity index (χ4n) is 3.66. The second-order valence-electron chi connectivity index (χ2n) is 5.91. The summed E-state index contributed by atoms with van der Waals surface area (Å²) in [4.78, 5) is 0. The smallest absolute Gasteiger partial charge is 0.118 e. The van der Waals surface area contributed by atoms with Crippen molar-refractivity contribution >= 4 is 35.4 Å². The largest absolute Gasteiger partial charge is 0.371 e. The van der Waals surface area contributed by atoms with Crippen LogP contribution < -0.4 is 0 Å². The molecule has 0 spiro atoms. The van der Waals surface area contributed by atoms with Gasteiger partial charge >= 0.3 is 0 Å². The van der Waals surface area contributed by atoms with Gasteiger partial charge in [0, 0.05) is 14.2 Å². The number of halogens is 2. The number of hydrogen-bond donors (Lipinski definition) is 0. The van der Waals surface area contributed by atoms with Crippen LogP contribution >= 0.6 is 23.2 Å². The fourth-order valence-corrected chi connectivity index (χ4v) is 4.31. The van der Waals surface area contributed by atoms with Gasteiger partial charge < -0.3 is 9.47 Å². The normalized spacial score (nSPS) is 21.3. The zero-order valence-electron chi connectivity index (χ0n) is 13.3. The third kappa shape index (κ3) is 2.26. The average Bonchev–Trinajstić information content (AvgIpc) is 2.77. The summed E-state index contributed by atoms with van der Waals surface area (Å²) < 4.78 is 11.4. The number of benzene rings is 2. The zero-order chi connectivity index (χ0) is 16.8. The van der Waals surface area contributed by atoms with E-state index in [4.69, 9.17) is 32.7 Å². The molecule has 2 aliphatic carbocycles. The van der Waals surface area contributed by atoms with Crippen LogP contribution in [-0.2, 0) is 9.47 Å². The molecule has 0 radical (unpaired) electrons. The Morgan fingerprint density at radius 3 is 1.50 bits per heavy atom. The van der Waals surface area contributed by atoms with Crippen LogP contribution in [0.1, 0.15) is 34.5 Å². The molecule has 4 heteroatoms. The molecular weight excluding hydrogens is 343 g/mol. The molecule has 0 unspecified atom stereocenters. The predicted octanol–water partition coefficient (Wildman–Crippen LogP) is 5.92. The van der Waals surface area contributed by atoms with Crippen molar-refractivity contribution in [3.63, 3.8) is 0 Å². The highest BCUT2D eigenvalue weighted by atomic mass is 35.5. The lowest BCUT2D eigenvalue weighted by Crippen LogP contribution is -2.05. The van der Waals surface area contributed by atoms with Gasteiger partial charge in [-0.15, -0.1) is 0 Å². The quantitative estimate of drug-likeness (QED) is 0.663. The maximum Gasteiger partial charge on any atom is 0.118 e. The maximum atomic E-state index is 6.57. The monoisotopic (exact) mass is 358 g/mol. The van der Waals surface area contributed by atoms with E-state index in [1.807, 2.05) is 24.3 Å². The van der Waals surface area contributed by atoms with Crippen molar-refractivity contribution in [1.29, 1.82) is 0 Å². The Morgan fingerprint density at radius 1 is 0.708 bits per heavy atom. The third-order valence-electron chi connectivity index (χ3n) is 4.63. The fraction of sp³-hybridized carbons (Fsp3) is 0.200. The summed E-state index contributed by atoms with van der Waals surface area (Å²) in [5.41, 5.74) is 6.40. The first-order valence-electron chi connectivity index (χ1n) is 7.71. The lowest BCUT2D eigenvalue weighted by atomic mass is 9.88. The van der Waals surface area contributed by atoms with Crippen LogP contribution in [-0.4, -0.2) is 14.2 Å². The zero-order valence-corrected chi connectivity index (χ0v) is 14.9. The molecule has 2 aromatic rings. The van der Waals surface area contributed by atoms with Crippen LogP contribution in [0.5, 0.6) is 0 Å². The Labute approximate surface area is 151 Å². The van der Waals surface area contributed by atoms with Crippen LogP contribution in [0.4, 0.5) is 0 Å². The van der Waals surface area contributed by atoms with Crippen LogP contribution in [0, 0.1) is 0 Å². The van der Waals surface area contributed by atoms with Gasteiger partial charge in [-0.05, 0) is 45.5 Å². The van der Waals surface area contributed by atoms with E-state index < -0.39 is 0 Å². The van der Waals surface area contributed by atoms with Gasteiger partial charge in [0.2, 0.25) is 0 Å². The summed E-state index contributed by atoms with van der Waals surface area (Å²) in [7, 11) is 3.35. The predicted molar refractivity (Wildman–Crippen MR) is 99.0 cm³/mol. The molecule has 4 rings (SSSR count). The lowest BCUT2D eigenvalue weighted by Gasteiger charge is -2.20. The van der Waals surface area contributed by atoms with Crippen LogP contribution in [0.3, 0.4) is 0 Å². The van der Waals surface area contributed by atoms with Gasteiger partial charge in [-0.2, -0.15) is 0 Å².